The highest BCUT2D eigenvalue weighted by atomic mass is 16.5. The van der Waals surface area contributed by atoms with Crippen LogP contribution in [-0.2, 0) is 4.74 Å². The van der Waals surface area contributed by atoms with Gasteiger partial charge < -0.3 is 20.3 Å². The average Bonchev–Trinajstić information content (AvgIpc) is 2.64. The lowest BCUT2D eigenvalue weighted by Gasteiger charge is -2.27. The van der Waals surface area contributed by atoms with Crippen LogP contribution < -0.4 is 15.5 Å². The van der Waals surface area contributed by atoms with Gasteiger partial charge >= 0.3 is 0 Å². The van der Waals surface area contributed by atoms with Crippen LogP contribution in [0.2, 0.25) is 0 Å². The standard InChI is InChI=1S/C19H33N5O/c1-4-24(18-7-5-6-17(2)16-18)11-9-22-19(20-3)21-8-10-23-12-14-25-15-13-23/h5-7,16H,4,8-15H2,1-3H3,(H2,20,21,22). The number of nitrogens with one attached hydrogen (secondary N) is 2. The Hall–Kier alpha value is -1.79. The molecular weight excluding hydrogens is 314 g/mol. The lowest BCUT2D eigenvalue weighted by molar-refractivity contribution is 0.0389. The van der Waals surface area contributed by atoms with E-state index in [4.69, 9.17) is 4.74 Å². The number of guanidine groups is 1. The maximum absolute atomic E-state index is 5.38. The molecule has 0 aliphatic carbocycles. The first-order chi connectivity index (χ1) is 12.2. The van der Waals surface area contributed by atoms with Gasteiger partial charge in [-0.3, -0.25) is 9.89 Å². The van der Waals surface area contributed by atoms with Gasteiger partial charge in [0, 0.05) is 58.5 Å². The van der Waals surface area contributed by atoms with E-state index in [1.807, 2.05) is 7.05 Å². The molecule has 6 nitrogen and oxygen atoms in total. The molecule has 0 saturated carbocycles. The molecule has 1 aromatic carbocycles. The van der Waals surface area contributed by atoms with Crippen molar-refractivity contribution in [2.75, 3.05) is 71.0 Å². The molecule has 2 N–H and O–H groups in total. The number of benzene rings is 1. The second-order valence-corrected chi connectivity index (χ2v) is 6.30. The van der Waals surface area contributed by atoms with Crippen molar-refractivity contribution < 1.29 is 4.74 Å². The van der Waals surface area contributed by atoms with Gasteiger partial charge in [0.15, 0.2) is 5.96 Å². The zero-order valence-corrected chi connectivity index (χ0v) is 15.9. The number of hydrogen-bond acceptors (Lipinski definition) is 4. The predicted molar refractivity (Wildman–Crippen MR) is 106 cm³/mol. The van der Waals surface area contributed by atoms with Crippen molar-refractivity contribution in [1.29, 1.82) is 0 Å². The molecule has 0 unspecified atom stereocenters. The zero-order valence-electron chi connectivity index (χ0n) is 15.9. The Morgan fingerprint density at radius 3 is 2.68 bits per heavy atom. The van der Waals surface area contributed by atoms with Gasteiger partial charge in [-0.1, -0.05) is 12.1 Å². The first-order valence-corrected chi connectivity index (χ1v) is 9.29. The predicted octanol–water partition coefficient (Wildman–Crippen LogP) is 1.32. The maximum Gasteiger partial charge on any atom is 0.191 e. The summed E-state index contributed by atoms with van der Waals surface area (Å²) in [5.41, 5.74) is 2.57. The number of likely N-dealkylation sites (N-methyl/N-ethyl adjacent to an activating group) is 1. The molecule has 1 fully saturated rings. The Morgan fingerprint density at radius 1 is 1.24 bits per heavy atom. The lowest BCUT2D eigenvalue weighted by atomic mass is 10.2. The van der Waals surface area contributed by atoms with Crippen molar-refractivity contribution in [1.82, 2.24) is 15.5 Å². The molecule has 6 heteroatoms. The molecule has 2 rings (SSSR count). The molecule has 1 saturated heterocycles. The molecule has 1 aliphatic rings. The Labute approximate surface area is 152 Å². The molecule has 0 spiro atoms. The Balaban J connectivity index is 1.68. The fraction of sp³-hybridized carbons (Fsp3) is 0.632. The number of anilines is 1. The van der Waals surface area contributed by atoms with E-state index in [1.54, 1.807) is 0 Å². The molecule has 140 valence electrons. The summed E-state index contributed by atoms with van der Waals surface area (Å²) in [5.74, 6) is 0.869. The maximum atomic E-state index is 5.38. The monoisotopic (exact) mass is 347 g/mol. The summed E-state index contributed by atoms with van der Waals surface area (Å²) in [5, 5.41) is 6.81. The minimum absolute atomic E-state index is 0.846. The summed E-state index contributed by atoms with van der Waals surface area (Å²) in [6, 6.07) is 8.66. The van der Waals surface area contributed by atoms with Crippen LogP contribution in [0.5, 0.6) is 0 Å². The third-order valence-corrected chi connectivity index (χ3v) is 4.47. The van der Waals surface area contributed by atoms with Crippen molar-refractivity contribution in [3.63, 3.8) is 0 Å². The quantitative estimate of drug-likeness (QED) is 0.549. The number of aryl methyl sites for hydroxylation is 1. The van der Waals surface area contributed by atoms with Crippen LogP contribution >= 0.6 is 0 Å². The van der Waals surface area contributed by atoms with Crippen LogP contribution in [0.3, 0.4) is 0 Å². The molecule has 1 heterocycles. The molecule has 0 aromatic heterocycles. The fourth-order valence-electron chi connectivity index (χ4n) is 2.98. The van der Waals surface area contributed by atoms with Gasteiger partial charge in [-0.05, 0) is 31.5 Å². The van der Waals surface area contributed by atoms with Crippen molar-refractivity contribution in [2.24, 2.45) is 4.99 Å². The number of rotatable bonds is 8. The average molecular weight is 348 g/mol. The molecule has 0 radical (unpaired) electrons. The van der Waals surface area contributed by atoms with Gasteiger partial charge in [0.25, 0.3) is 0 Å². The molecule has 1 aliphatic heterocycles. The molecule has 1 aromatic rings. The van der Waals surface area contributed by atoms with E-state index in [1.165, 1.54) is 11.3 Å². The first kappa shape index (κ1) is 19.5. The highest BCUT2D eigenvalue weighted by molar-refractivity contribution is 5.79. The summed E-state index contributed by atoms with van der Waals surface area (Å²) >= 11 is 0. The number of nitrogens with zero attached hydrogens (tertiary/aromatic N) is 3. The van der Waals surface area contributed by atoms with Crippen LogP contribution in [0.25, 0.3) is 0 Å². The van der Waals surface area contributed by atoms with Gasteiger partial charge in [0.05, 0.1) is 13.2 Å². The number of hydrogen-bond donors (Lipinski definition) is 2. The number of morpholine rings is 1. The van der Waals surface area contributed by atoms with Crippen LogP contribution in [0.4, 0.5) is 5.69 Å². The van der Waals surface area contributed by atoms with Gasteiger partial charge in [0.1, 0.15) is 0 Å². The van der Waals surface area contributed by atoms with Crippen LogP contribution in [0, 0.1) is 6.92 Å². The van der Waals surface area contributed by atoms with Crippen molar-refractivity contribution in [2.45, 2.75) is 13.8 Å². The van der Waals surface area contributed by atoms with Crippen molar-refractivity contribution in [3.05, 3.63) is 29.8 Å². The molecular formula is C19H33N5O. The van der Waals surface area contributed by atoms with Gasteiger partial charge in [-0.25, -0.2) is 0 Å². The van der Waals surface area contributed by atoms with Crippen molar-refractivity contribution >= 4 is 11.6 Å². The van der Waals surface area contributed by atoms with E-state index in [9.17, 15) is 0 Å². The summed E-state index contributed by atoms with van der Waals surface area (Å²) in [6.45, 7) is 12.8. The van der Waals surface area contributed by atoms with E-state index in [2.05, 4.69) is 63.5 Å². The zero-order chi connectivity index (χ0) is 17.9. The van der Waals surface area contributed by atoms with E-state index in [0.717, 1.165) is 65.0 Å². The molecule has 0 bridgehead atoms. The topological polar surface area (TPSA) is 52.1 Å². The summed E-state index contributed by atoms with van der Waals surface area (Å²) in [6.07, 6.45) is 0. The second-order valence-electron chi connectivity index (χ2n) is 6.30. The fourth-order valence-corrected chi connectivity index (χ4v) is 2.98. The normalized spacial score (nSPS) is 15.9. The smallest absolute Gasteiger partial charge is 0.191 e. The molecule has 0 atom stereocenters. The SMILES string of the molecule is CCN(CCNC(=NC)NCCN1CCOCC1)c1cccc(C)c1. The van der Waals surface area contributed by atoms with E-state index in [0.29, 0.717) is 0 Å². The summed E-state index contributed by atoms with van der Waals surface area (Å²) in [4.78, 5) is 9.11. The second kappa shape index (κ2) is 10.9. The van der Waals surface area contributed by atoms with Gasteiger partial charge in [0.2, 0.25) is 0 Å². The first-order valence-electron chi connectivity index (χ1n) is 9.29. The minimum Gasteiger partial charge on any atom is -0.379 e. The minimum atomic E-state index is 0.846. The van der Waals surface area contributed by atoms with Crippen LogP contribution in [0.1, 0.15) is 12.5 Å². The van der Waals surface area contributed by atoms with Crippen LogP contribution in [-0.4, -0.2) is 76.9 Å². The van der Waals surface area contributed by atoms with E-state index >= 15 is 0 Å². The molecule has 0 amide bonds. The Morgan fingerprint density at radius 2 is 2.00 bits per heavy atom. The Kier molecular flexibility index (Phi) is 8.55. The number of aliphatic imine (C=N–C) groups is 1. The number of ether oxygens (including phenoxy) is 1. The lowest BCUT2D eigenvalue weighted by Crippen LogP contribution is -2.45. The highest BCUT2D eigenvalue weighted by Gasteiger charge is 2.10. The van der Waals surface area contributed by atoms with Gasteiger partial charge in [-0.2, -0.15) is 0 Å². The largest absolute Gasteiger partial charge is 0.379 e. The molecule has 25 heavy (non-hydrogen) atoms. The summed E-state index contributed by atoms with van der Waals surface area (Å²) in [7, 11) is 1.82. The van der Waals surface area contributed by atoms with E-state index < -0.39 is 0 Å². The van der Waals surface area contributed by atoms with Crippen molar-refractivity contribution in [3.8, 4) is 0 Å². The highest BCUT2D eigenvalue weighted by Crippen LogP contribution is 2.14. The van der Waals surface area contributed by atoms with Gasteiger partial charge in [-0.15, -0.1) is 0 Å². The van der Waals surface area contributed by atoms with Crippen LogP contribution in [0.15, 0.2) is 29.3 Å². The third-order valence-electron chi connectivity index (χ3n) is 4.47. The third kappa shape index (κ3) is 6.92. The Bertz CT molecular complexity index is 528. The van der Waals surface area contributed by atoms with E-state index in [-0.39, 0.29) is 0 Å². The summed E-state index contributed by atoms with van der Waals surface area (Å²) < 4.78 is 5.38.